The standard InChI is InChI=1S/C12H12O3.C2H6/c1-2-15-12(14)9-11(13)10-7-5-3-4-6-8-10;1-2/h3,5-8H,2,9H2,1H3;1-2H3. The quantitative estimate of drug-likeness (QED) is 0.427. The highest BCUT2D eigenvalue weighted by atomic mass is 16.5. The number of Topliss-reactive ketones (excluding diaryl/α,β-unsaturated/α-hetero) is 1. The highest BCUT2D eigenvalue weighted by Crippen LogP contribution is 2.06. The van der Waals surface area contributed by atoms with Crippen LogP contribution in [0.2, 0.25) is 0 Å². The van der Waals surface area contributed by atoms with Crippen molar-refractivity contribution in [1.29, 1.82) is 0 Å². The lowest BCUT2D eigenvalue weighted by atomic mass is 10.1. The zero-order valence-electron chi connectivity index (χ0n) is 10.5. The number of hydrogen-bond donors (Lipinski definition) is 0. The van der Waals surface area contributed by atoms with Gasteiger partial charge in [0.15, 0.2) is 5.78 Å². The van der Waals surface area contributed by atoms with Crippen LogP contribution in [-0.4, -0.2) is 18.4 Å². The fourth-order valence-corrected chi connectivity index (χ4v) is 1.09. The number of carbonyl (C=O) groups is 2. The second-order valence-corrected chi connectivity index (χ2v) is 2.89. The fraction of sp³-hybridized carbons (Fsp3) is 0.357. The summed E-state index contributed by atoms with van der Waals surface area (Å²) in [7, 11) is 0. The molecule has 0 spiro atoms. The van der Waals surface area contributed by atoms with Crippen molar-refractivity contribution in [2.75, 3.05) is 6.61 Å². The van der Waals surface area contributed by atoms with Crippen LogP contribution in [0.3, 0.4) is 0 Å². The Kier molecular flexibility index (Phi) is 8.35. The van der Waals surface area contributed by atoms with Gasteiger partial charge in [0, 0.05) is 5.57 Å². The van der Waals surface area contributed by atoms with Gasteiger partial charge in [0.25, 0.3) is 0 Å². The molecular weight excluding hydrogens is 216 g/mol. The van der Waals surface area contributed by atoms with E-state index in [1.807, 2.05) is 13.8 Å². The first kappa shape index (κ1) is 15.1. The highest BCUT2D eigenvalue weighted by Gasteiger charge is 2.12. The van der Waals surface area contributed by atoms with Crippen LogP contribution in [0.4, 0.5) is 0 Å². The summed E-state index contributed by atoms with van der Waals surface area (Å²) in [6, 6.07) is 0. The number of esters is 1. The predicted octanol–water partition coefficient (Wildman–Crippen LogP) is 2.74. The van der Waals surface area contributed by atoms with E-state index in [1.165, 1.54) is 0 Å². The van der Waals surface area contributed by atoms with Crippen LogP contribution < -0.4 is 0 Å². The second kappa shape index (κ2) is 9.37. The number of allylic oxidation sites excluding steroid dienone is 5. The second-order valence-electron chi connectivity index (χ2n) is 2.89. The lowest BCUT2D eigenvalue weighted by Gasteiger charge is -2.01. The number of carbonyl (C=O) groups excluding carboxylic acids is 2. The Labute approximate surface area is 102 Å². The monoisotopic (exact) mass is 234 g/mol. The Morgan fingerprint density at radius 2 is 2.00 bits per heavy atom. The summed E-state index contributed by atoms with van der Waals surface area (Å²) in [5.41, 5.74) is 3.32. The molecule has 1 aliphatic rings. The van der Waals surface area contributed by atoms with Crippen molar-refractivity contribution in [3.8, 4) is 0 Å². The predicted molar refractivity (Wildman–Crippen MR) is 67.5 cm³/mol. The van der Waals surface area contributed by atoms with Gasteiger partial charge in [-0.15, -0.1) is 5.73 Å². The molecule has 0 unspecified atom stereocenters. The van der Waals surface area contributed by atoms with Gasteiger partial charge in [-0.2, -0.15) is 0 Å². The van der Waals surface area contributed by atoms with E-state index < -0.39 is 5.97 Å². The lowest BCUT2D eigenvalue weighted by Crippen LogP contribution is -2.12. The van der Waals surface area contributed by atoms with Crippen LogP contribution >= 0.6 is 0 Å². The maximum Gasteiger partial charge on any atom is 0.313 e. The summed E-state index contributed by atoms with van der Waals surface area (Å²) in [4.78, 5) is 22.6. The van der Waals surface area contributed by atoms with Gasteiger partial charge in [-0.05, 0) is 25.2 Å². The average Bonchev–Trinajstić information content (AvgIpc) is 2.60. The van der Waals surface area contributed by atoms with E-state index in [-0.39, 0.29) is 12.2 Å². The molecule has 0 saturated heterocycles. The summed E-state index contributed by atoms with van der Waals surface area (Å²) >= 11 is 0. The summed E-state index contributed by atoms with van der Waals surface area (Å²) in [5.74, 6) is -0.726. The molecule has 0 atom stereocenters. The molecule has 17 heavy (non-hydrogen) atoms. The fourth-order valence-electron chi connectivity index (χ4n) is 1.09. The summed E-state index contributed by atoms with van der Waals surface area (Å²) in [5, 5.41) is 0. The minimum absolute atomic E-state index is 0.210. The van der Waals surface area contributed by atoms with Gasteiger partial charge in [0.2, 0.25) is 0 Å². The number of hydrogen-bond acceptors (Lipinski definition) is 3. The number of ether oxygens (including phenoxy) is 1. The summed E-state index contributed by atoms with van der Waals surface area (Å²) < 4.78 is 4.69. The molecule has 1 aliphatic carbocycles. The maximum absolute atomic E-state index is 11.6. The van der Waals surface area contributed by atoms with Crippen LogP contribution in [0.15, 0.2) is 41.7 Å². The molecule has 0 aliphatic heterocycles. The number of rotatable bonds is 4. The van der Waals surface area contributed by atoms with E-state index in [1.54, 1.807) is 37.3 Å². The first-order valence-corrected chi connectivity index (χ1v) is 5.72. The molecule has 0 radical (unpaired) electrons. The third-order valence-electron chi connectivity index (χ3n) is 1.76. The lowest BCUT2D eigenvalue weighted by molar-refractivity contribution is -0.144. The minimum Gasteiger partial charge on any atom is -0.466 e. The van der Waals surface area contributed by atoms with Gasteiger partial charge in [-0.25, -0.2) is 0 Å². The van der Waals surface area contributed by atoms with E-state index >= 15 is 0 Å². The van der Waals surface area contributed by atoms with Crippen molar-refractivity contribution in [1.82, 2.24) is 0 Å². The van der Waals surface area contributed by atoms with E-state index in [4.69, 9.17) is 0 Å². The maximum atomic E-state index is 11.6. The zero-order valence-corrected chi connectivity index (χ0v) is 10.5. The first-order chi connectivity index (χ1) is 8.24. The SMILES string of the molecule is CC.CCOC(=O)CC(=O)C1=CC=C=CC=C1. The normalized spacial score (nSPS) is 12.1. The Bertz CT molecular complexity index is 380. The van der Waals surface area contributed by atoms with E-state index in [0.29, 0.717) is 12.2 Å². The molecule has 0 N–H and O–H groups in total. The van der Waals surface area contributed by atoms with E-state index in [2.05, 4.69) is 10.5 Å². The van der Waals surface area contributed by atoms with E-state index in [0.717, 1.165) is 0 Å². The smallest absolute Gasteiger partial charge is 0.313 e. The van der Waals surface area contributed by atoms with Gasteiger partial charge in [0.1, 0.15) is 6.42 Å². The largest absolute Gasteiger partial charge is 0.466 e. The van der Waals surface area contributed by atoms with Crippen molar-refractivity contribution >= 4 is 11.8 Å². The van der Waals surface area contributed by atoms with Crippen LogP contribution in [0.1, 0.15) is 27.2 Å². The topological polar surface area (TPSA) is 43.4 Å². The van der Waals surface area contributed by atoms with Gasteiger partial charge in [0.05, 0.1) is 6.61 Å². The Morgan fingerprint density at radius 3 is 2.65 bits per heavy atom. The molecule has 3 nitrogen and oxygen atoms in total. The van der Waals surface area contributed by atoms with Crippen molar-refractivity contribution in [2.45, 2.75) is 27.2 Å². The molecule has 0 heterocycles. The van der Waals surface area contributed by atoms with Crippen LogP contribution in [-0.2, 0) is 14.3 Å². The van der Waals surface area contributed by atoms with Crippen molar-refractivity contribution in [2.24, 2.45) is 0 Å². The van der Waals surface area contributed by atoms with Crippen molar-refractivity contribution < 1.29 is 14.3 Å². The first-order valence-electron chi connectivity index (χ1n) is 5.72. The molecule has 0 fully saturated rings. The number of ketones is 1. The van der Waals surface area contributed by atoms with Crippen LogP contribution in [0.5, 0.6) is 0 Å². The average molecular weight is 234 g/mol. The molecule has 0 amide bonds. The third-order valence-corrected chi connectivity index (χ3v) is 1.76. The third kappa shape index (κ3) is 6.33. The van der Waals surface area contributed by atoms with Gasteiger partial charge < -0.3 is 4.74 Å². The molecule has 0 aromatic rings. The molecule has 3 heteroatoms. The van der Waals surface area contributed by atoms with Crippen LogP contribution in [0.25, 0.3) is 0 Å². The van der Waals surface area contributed by atoms with Gasteiger partial charge in [-0.1, -0.05) is 26.0 Å². The summed E-state index contributed by atoms with van der Waals surface area (Å²) in [6.07, 6.45) is 8.11. The van der Waals surface area contributed by atoms with Gasteiger partial charge in [-0.3, -0.25) is 9.59 Å². The molecular formula is C14H18O3. The molecule has 1 rings (SSSR count). The Hall–Kier alpha value is -1.86. The van der Waals surface area contributed by atoms with E-state index in [9.17, 15) is 9.59 Å². The van der Waals surface area contributed by atoms with Crippen LogP contribution in [0, 0.1) is 0 Å². The van der Waals surface area contributed by atoms with Crippen molar-refractivity contribution in [3.05, 3.63) is 41.7 Å². The molecule has 0 bridgehead atoms. The minimum atomic E-state index is -0.488. The molecule has 0 aromatic carbocycles. The Morgan fingerprint density at radius 1 is 1.29 bits per heavy atom. The zero-order chi connectivity index (χ0) is 13.1. The molecule has 92 valence electrons. The van der Waals surface area contributed by atoms with Gasteiger partial charge >= 0.3 is 5.97 Å². The highest BCUT2D eigenvalue weighted by molar-refractivity contribution is 6.07. The Balaban J connectivity index is 0.00000121. The van der Waals surface area contributed by atoms with Crippen molar-refractivity contribution in [3.63, 3.8) is 0 Å². The molecule has 0 saturated carbocycles. The summed E-state index contributed by atoms with van der Waals surface area (Å²) in [6.45, 7) is 6.00. The molecule has 0 aromatic heterocycles.